The second-order valence-corrected chi connectivity index (χ2v) is 17.6. The van der Waals surface area contributed by atoms with Crippen LogP contribution in [-0.4, -0.2) is 53.4 Å². The largest absolute Gasteiger partial charge is 0.466 e. The number of unbranched alkanes of at least 4 members (excludes halogenated alkanes) is 25. The first kappa shape index (κ1) is 57.4. The fourth-order valence-electron chi connectivity index (χ4n) is 7.09. The first-order chi connectivity index (χ1) is 25.5. The maximum atomic E-state index is 8.88. The van der Waals surface area contributed by atoms with E-state index in [-0.39, 0.29) is 0 Å². The van der Waals surface area contributed by atoms with Crippen LogP contribution >= 0.6 is 7.82 Å². The Morgan fingerprint density at radius 2 is 0.604 bits per heavy atom. The van der Waals surface area contributed by atoms with Crippen molar-refractivity contribution in [3.05, 3.63) is 0 Å². The van der Waals surface area contributed by atoms with E-state index in [2.05, 4.69) is 53.6 Å². The normalized spacial score (nSPS) is 12.7. The van der Waals surface area contributed by atoms with Gasteiger partial charge in [0.2, 0.25) is 0 Å². The van der Waals surface area contributed by atoms with Crippen LogP contribution in [0.25, 0.3) is 0 Å². The molecule has 0 aliphatic carbocycles. The predicted molar refractivity (Wildman–Crippen MR) is 236 cm³/mol. The van der Waals surface area contributed by atoms with Crippen molar-refractivity contribution in [2.24, 2.45) is 11.8 Å². The quantitative estimate of drug-likeness (QED) is 0.0425. The van der Waals surface area contributed by atoms with E-state index in [1.165, 1.54) is 225 Å². The molecule has 2 atom stereocenters. The molecular weight excluding hydrogens is 677 g/mol. The minimum atomic E-state index is -4.64. The molecule has 6 nitrogen and oxygen atoms in total. The van der Waals surface area contributed by atoms with E-state index in [4.69, 9.17) is 24.0 Å². The van der Waals surface area contributed by atoms with Crippen LogP contribution in [0.5, 0.6) is 0 Å². The van der Waals surface area contributed by atoms with E-state index in [1.54, 1.807) is 0 Å². The summed E-state index contributed by atoms with van der Waals surface area (Å²) in [5.41, 5.74) is 0. The monoisotopic (exact) mass is 778 g/mol. The van der Waals surface area contributed by atoms with Crippen molar-refractivity contribution in [3.63, 3.8) is 0 Å². The highest BCUT2D eigenvalue weighted by atomic mass is 31.2. The van der Waals surface area contributed by atoms with E-state index >= 15 is 0 Å². The van der Waals surface area contributed by atoms with Crippen LogP contribution in [0.3, 0.4) is 0 Å². The lowest BCUT2D eigenvalue weighted by Crippen LogP contribution is -2.16. The molecule has 53 heavy (non-hydrogen) atoms. The van der Waals surface area contributed by atoms with Crippen molar-refractivity contribution >= 4 is 7.82 Å². The lowest BCUT2D eigenvalue weighted by Gasteiger charge is -2.21. The van der Waals surface area contributed by atoms with Crippen LogP contribution in [0.1, 0.15) is 253 Å². The van der Waals surface area contributed by atoms with Gasteiger partial charge in [-0.05, 0) is 64.6 Å². The number of nitrogens with zero attached hydrogens (tertiary/aromatic N) is 1. The third kappa shape index (κ3) is 61.5. The second-order valence-electron chi connectivity index (χ2n) is 16.6. The van der Waals surface area contributed by atoms with Gasteiger partial charge in [0, 0.05) is 13.2 Å². The standard InChI is InChI=1S/C32H66O.C14H31N.H3O4P/c1-5-9-13-17-19-23-27-31(25-21-15-11-7-3)29-33-30-32(26-22-16-12-8-4)28-24-20-18-14-10-6-2;1-4-5-6-7-8-9-10-11-12-13-14-15(2)3;1-5(2,3)4/h31-32H,5-30H2,1-4H3;4-14H2,1-3H3;(H3,1,2,3,4). The molecule has 0 spiro atoms. The lowest BCUT2D eigenvalue weighted by molar-refractivity contribution is 0.0587. The van der Waals surface area contributed by atoms with Crippen LogP contribution in [0.4, 0.5) is 0 Å². The molecule has 0 amide bonds. The fourth-order valence-corrected chi connectivity index (χ4v) is 7.09. The molecule has 0 saturated heterocycles. The van der Waals surface area contributed by atoms with Crippen molar-refractivity contribution in [1.82, 2.24) is 4.90 Å². The Balaban J connectivity index is -0.00000103. The number of rotatable bonds is 39. The number of hydrogen-bond acceptors (Lipinski definition) is 3. The summed E-state index contributed by atoms with van der Waals surface area (Å²) in [6.07, 6.45) is 48.1. The van der Waals surface area contributed by atoms with Crippen molar-refractivity contribution in [2.45, 2.75) is 253 Å². The topological polar surface area (TPSA) is 90.2 Å². The molecule has 0 heterocycles. The molecule has 3 N–H and O–H groups in total. The van der Waals surface area contributed by atoms with E-state index in [0.29, 0.717) is 0 Å². The first-order valence-corrected chi connectivity index (χ1v) is 25.1. The van der Waals surface area contributed by atoms with Crippen molar-refractivity contribution < 1.29 is 24.0 Å². The molecule has 0 bridgehead atoms. The van der Waals surface area contributed by atoms with Crippen LogP contribution in [0.15, 0.2) is 0 Å². The summed E-state index contributed by atoms with van der Waals surface area (Å²) in [6, 6.07) is 0. The van der Waals surface area contributed by atoms with E-state index < -0.39 is 7.82 Å². The second kappa shape index (κ2) is 48.2. The highest BCUT2D eigenvalue weighted by molar-refractivity contribution is 7.45. The Bertz CT molecular complexity index is 649. The number of hydrogen-bond donors (Lipinski definition) is 3. The Labute approximate surface area is 334 Å². The molecule has 2 unspecified atom stereocenters. The summed E-state index contributed by atoms with van der Waals surface area (Å²) in [7, 11) is -0.318. The van der Waals surface area contributed by atoms with Gasteiger partial charge in [-0.15, -0.1) is 0 Å². The van der Waals surface area contributed by atoms with Crippen molar-refractivity contribution in [1.29, 1.82) is 0 Å². The summed E-state index contributed by atoms with van der Waals surface area (Å²) in [5, 5.41) is 0. The summed E-state index contributed by atoms with van der Waals surface area (Å²) < 4.78 is 15.3. The predicted octanol–water partition coefficient (Wildman–Crippen LogP) is 15.2. The van der Waals surface area contributed by atoms with Crippen molar-refractivity contribution in [2.75, 3.05) is 33.9 Å². The summed E-state index contributed by atoms with van der Waals surface area (Å²) >= 11 is 0. The zero-order valence-electron chi connectivity index (χ0n) is 37.4. The SMILES string of the molecule is CCCCCCCCC(CCCCCC)COCC(CCCCCC)CCCCCCCC.CCCCCCCCCCCCN(C)C.O=P(O)(O)O. The zero-order chi connectivity index (χ0) is 40.1. The Morgan fingerprint density at radius 1 is 0.396 bits per heavy atom. The Hall–Kier alpha value is 0.0300. The number of phosphoric acid groups is 1. The van der Waals surface area contributed by atoms with Gasteiger partial charge in [0.1, 0.15) is 0 Å². The van der Waals surface area contributed by atoms with Crippen LogP contribution in [0.2, 0.25) is 0 Å². The first-order valence-electron chi connectivity index (χ1n) is 23.6. The van der Waals surface area contributed by atoms with E-state index in [9.17, 15) is 0 Å². The van der Waals surface area contributed by atoms with Gasteiger partial charge in [0.25, 0.3) is 0 Å². The van der Waals surface area contributed by atoms with Gasteiger partial charge in [-0.3, -0.25) is 0 Å². The summed E-state index contributed by atoms with van der Waals surface area (Å²) in [4.78, 5) is 23.8. The smallest absolute Gasteiger partial charge is 0.381 e. The van der Waals surface area contributed by atoms with Gasteiger partial charge in [-0.1, -0.05) is 221 Å². The van der Waals surface area contributed by atoms with E-state index in [1.807, 2.05) is 0 Å². The maximum absolute atomic E-state index is 8.88. The van der Waals surface area contributed by atoms with Crippen LogP contribution in [0, 0.1) is 11.8 Å². The molecule has 0 aromatic heterocycles. The van der Waals surface area contributed by atoms with Crippen LogP contribution in [-0.2, 0) is 9.30 Å². The summed E-state index contributed by atoms with van der Waals surface area (Å²) in [5.74, 6) is 1.62. The minimum Gasteiger partial charge on any atom is -0.381 e. The third-order valence-corrected chi connectivity index (χ3v) is 10.5. The molecule has 0 aliphatic heterocycles. The molecule has 7 heteroatoms. The van der Waals surface area contributed by atoms with Crippen LogP contribution < -0.4 is 0 Å². The van der Waals surface area contributed by atoms with Gasteiger partial charge in [0.15, 0.2) is 0 Å². The van der Waals surface area contributed by atoms with Gasteiger partial charge in [-0.25, -0.2) is 4.57 Å². The van der Waals surface area contributed by atoms with Gasteiger partial charge >= 0.3 is 7.82 Å². The molecule has 324 valence electrons. The lowest BCUT2D eigenvalue weighted by atomic mass is 9.94. The summed E-state index contributed by atoms with van der Waals surface area (Å²) in [6.45, 7) is 14.9. The fraction of sp³-hybridized carbons (Fsp3) is 1.00. The van der Waals surface area contributed by atoms with Crippen molar-refractivity contribution in [3.8, 4) is 0 Å². The molecule has 0 aliphatic rings. The average Bonchev–Trinajstić information content (AvgIpc) is 3.11. The van der Waals surface area contributed by atoms with E-state index in [0.717, 1.165) is 25.0 Å². The van der Waals surface area contributed by atoms with Gasteiger partial charge in [0.05, 0.1) is 0 Å². The maximum Gasteiger partial charge on any atom is 0.466 e. The van der Waals surface area contributed by atoms with Gasteiger partial charge < -0.3 is 24.3 Å². The molecule has 0 radical (unpaired) electrons. The molecule has 0 fully saturated rings. The van der Waals surface area contributed by atoms with Gasteiger partial charge in [-0.2, -0.15) is 0 Å². The number of ether oxygens (including phenoxy) is 1. The highest BCUT2D eigenvalue weighted by Gasteiger charge is 2.13. The molecule has 0 saturated carbocycles. The Kier molecular flexibility index (Phi) is 52.1. The molecule has 0 aromatic carbocycles. The minimum absolute atomic E-state index is 0.808. The molecular formula is C46H100NO5P. The average molecular weight is 778 g/mol. The zero-order valence-corrected chi connectivity index (χ0v) is 38.3. The molecule has 0 aromatic rings. The third-order valence-electron chi connectivity index (χ3n) is 10.5. The Morgan fingerprint density at radius 3 is 0.849 bits per heavy atom. The highest BCUT2D eigenvalue weighted by Crippen LogP contribution is 2.26. The molecule has 0 rings (SSSR count).